The van der Waals surface area contributed by atoms with Crippen molar-refractivity contribution in [1.82, 2.24) is 4.98 Å². The summed E-state index contributed by atoms with van der Waals surface area (Å²) < 4.78 is 0. The Morgan fingerprint density at radius 1 is 0.696 bits per heavy atom. The van der Waals surface area contributed by atoms with Gasteiger partial charge in [-0.25, -0.2) is 4.98 Å². The molecule has 3 rings (SSSR count). The van der Waals surface area contributed by atoms with Crippen molar-refractivity contribution in [3.8, 4) is 0 Å². The molecule has 0 spiro atoms. The van der Waals surface area contributed by atoms with Gasteiger partial charge in [0.2, 0.25) is 0 Å². The van der Waals surface area contributed by atoms with Crippen LogP contribution in [0.3, 0.4) is 0 Å². The van der Waals surface area contributed by atoms with Crippen LogP contribution in [-0.2, 0) is 0 Å². The second kappa shape index (κ2) is 6.59. The minimum Gasteiger partial charge on any atom is -0.340 e. The van der Waals surface area contributed by atoms with Crippen LogP contribution in [0.15, 0.2) is 36.4 Å². The highest BCUT2D eigenvalue weighted by Gasteiger charge is 2.07. The zero-order valence-corrected chi connectivity index (χ0v) is 15.1. The summed E-state index contributed by atoms with van der Waals surface area (Å²) in [4.78, 5) is 4.82. The fourth-order valence-corrected chi connectivity index (χ4v) is 3.10. The number of hydrogen-bond acceptors (Lipinski definition) is 2. The van der Waals surface area contributed by atoms with Crippen LogP contribution in [0.5, 0.6) is 0 Å². The molecule has 3 aromatic rings. The maximum Gasteiger partial charge on any atom is 0.131 e. The van der Waals surface area contributed by atoms with Crippen LogP contribution >= 0.6 is 12.4 Å². The number of benzene rings is 2. The smallest absolute Gasteiger partial charge is 0.131 e. The minimum atomic E-state index is 0. The molecule has 0 unspecified atom stereocenters. The Morgan fingerprint density at radius 3 is 1.96 bits per heavy atom. The third-order valence-electron chi connectivity index (χ3n) is 3.95. The molecule has 1 heterocycles. The number of nitrogens with zero attached hydrogens (tertiary/aromatic N) is 1. The zero-order valence-electron chi connectivity index (χ0n) is 14.3. The van der Waals surface area contributed by atoms with Gasteiger partial charge in [0.25, 0.3) is 0 Å². The fraction of sp³-hybridized carbons (Fsp3) is 0.250. The van der Waals surface area contributed by atoms with Crippen molar-refractivity contribution in [2.24, 2.45) is 0 Å². The van der Waals surface area contributed by atoms with Gasteiger partial charge >= 0.3 is 0 Å². The van der Waals surface area contributed by atoms with Gasteiger partial charge in [-0.1, -0.05) is 17.7 Å². The lowest BCUT2D eigenvalue weighted by atomic mass is 10.0. The first-order valence-electron chi connectivity index (χ1n) is 7.66. The monoisotopic (exact) mass is 326 g/mol. The van der Waals surface area contributed by atoms with Gasteiger partial charge in [-0.2, -0.15) is 0 Å². The highest BCUT2D eigenvalue weighted by atomic mass is 35.5. The van der Waals surface area contributed by atoms with Gasteiger partial charge in [-0.15, -0.1) is 12.4 Å². The van der Waals surface area contributed by atoms with Gasteiger partial charge in [0, 0.05) is 11.1 Å². The molecule has 1 aromatic heterocycles. The highest BCUT2D eigenvalue weighted by molar-refractivity contribution is 5.87. The van der Waals surface area contributed by atoms with Crippen LogP contribution < -0.4 is 5.32 Å². The predicted molar refractivity (Wildman–Crippen MR) is 102 cm³/mol. The third kappa shape index (κ3) is 3.65. The van der Waals surface area contributed by atoms with Gasteiger partial charge in [-0.3, -0.25) is 0 Å². The normalized spacial score (nSPS) is 10.5. The fourth-order valence-electron chi connectivity index (χ4n) is 3.10. The molecule has 23 heavy (non-hydrogen) atoms. The van der Waals surface area contributed by atoms with Crippen molar-refractivity contribution in [2.75, 3.05) is 5.32 Å². The summed E-state index contributed by atoms with van der Waals surface area (Å²) in [6, 6.07) is 13.0. The Kier molecular flexibility index (Phi) is 4.96. The lowest BCUT2D eigenvalue weighted by Crippen LogP contribution is -1.98. The molecule has 1 N–H and O–H groups in total. The predicted octanol–water partition coefficient (Wildman–Crippen LogP) is 5.94. The average molecular weight is 327 g/mol. The lowest BCUT2D eigenvalue weighted by molar-refractivity contribution is 1.29. The van der Waals surface area contributed by atoms with Crippen molar-refractivity contribution in [3.05, 3.63) is 64.2 Å². The van der Waals surface area contributed by atoms with E-state index in [1.807, 2.05) is 0 Å². The van der Waals surface area contributed by atoms with Crippen molar-refractivity contribution in [3.63, 3.8) is 0 Å². The van der Waals surface area contributed by atoms with Crippen LogP contribution in [-0.4, -0.2) is 4.98 Å². The standard InChI is InChI=1S/C20H22N2.ClH/c1-12-6-13(2)9-17(8-12)21-19-11-15(4)18-10-14(3)7-16(5)20(18)22-19;/h6-11H,1-5H3,(H,21,22);1H. The van der Waals surface area contributed by atoms with E-state index in [4.69, 9.17) is 4.98 Å². The molecule has 120 valence electrons. The van der Waals surface area contributed by atoms with E-state index in [2.05, 4.69) is 76.3 Å². The number of anilines is 2. The van der Waals surface area contributed by atoms with E-state index >= 15 is 0 Å². The van der Waals surface area contributed by atoms with Crippen LogP contribution in [0, 0.1) is 34.6 Å². The molecular weight excluding hydrogens is 304 g/mol. The van der Waals surface area contributed by atoms with Gasteiger partial charge in [-0.05, 0) is 81.1 Å². The van der Waals surface area contributed by atoms with Crippen LogP contribution in [0.2, 0.25) is 0 Å². The Balaban J connectivity index is 0.00000192. The zero-order chi connectivity index (χ0) is 15.9. The molecule has 0 aliphatic carbocycles. The summed E-state index contributed by atoms with van der Waals surface area (Å²) in [5, 5.41) is 4.69. The second-order valence-corrected chi connectivity index (χ2v) is 6.30. The van der Waals surface area contributed by atoms with Crippen LogP contribution in [0.1, 0.15) is 27.8 Å². The molecule has 2 aromatic carbocycles. The molecule has 2 nitrogen and oxygen atoms in total. The van der Waals surface area contributed by atoms with Crippen molar-refractivity contribution < 1.29 is 0 Å². The third-order valence-corrected chi connectivity index (χ3v) is 3.95. The SMILES string of the molecule is Cc1cc(C)cc(Nc2cc(C)c3cc(C)cc(C)c3n2)c1.Cl. The van der Waals surface area contributed by atoms with Crippen LogP contribution in [0.25, 0.3) is 10.9 Å². The van der Waals surface area contributed by atoms with Crippen LogP contribution in [0.4, 0.5) is 11.5 Å². The summed E-state index contributed by atoms with van der Waals surface area (Å²) in [5.41, 5.74) is 8.44. The average Bonchev–Trinajstić information content (AvgIpc) is 2.39. The van der Waals surface area contributed by atoms with Gasteiger partial charge < -0.3 is 5.32 Å². The van der Waals surface area contributed by atoms with E-state index < -0.39 is 0 Å². The summed E-state index contributed by atoms with van der Waals surface area (Å²) in [7, 11) is 0. The number of rotatable bonds is 2. The van der Waals surface area contributed by atoms with Crippen molar-refractivity contribution in [2.45, 2.75) is 34.6 Å². The molecule has 3 heteroatoms. The molecular formula is C20H23ClN2. The topological polar surface area (TPSA) is 24.9 Å². The Hall–Kier alpha value is -2.06. The quantitative estimate of drug-likeness (QED) is 0.630. The Bertz CT molecular complexity index is 849. The van der Waals surface area contributed by atoms with E-state index in [9.17, 15) is 0 Å². The minimum absolute atomic E-state index is 0. The van der Waals surface area contributed by atoms with Gasteiger partial charge in [0.1, 0.15) is 5.82 Å². The number of pyridine rings is 1. The molecule has 0 saturated heterocycles. The van der Waals surface area contributed by atoms with Crippen molar-refractivity contribution in [1.29, 1.82) is 0 Å². The maximum atomic E-state index is 4.82. The maximum absolute atomic E-state index is 4.82. The molecule has 0 bridgehead atoms. The van der Waals surface area contributed by atoms with E-state index in [1.54, 1.807) is 0 Å². The first-order chi connectivity index (χ1) is 10.4. The summed E-state index contributed by atoms with van der Waals surface area (Å²) >= 11 is 0. The lowest BCUT2D eigenvalue weighted by Gasteiger charge is -2.12. The van der Waals surface area contributed by atoms with E-state index in [1.165, 1.54) is 33.2 Å². The number of hydrogen-bond donors (Lipinski definition) is 1. The molecule has 0 aliphatic heterocycles. The number of fused-ring (bicyclic) bond motifs is 1. The second-order valence-electron chi connectivity index (χ2n) is 6.30. The van der Waals surface area contributed by atoms with Gasteiger partial charge in [0.15, 0.2) is 0 Å². The summed E-state index contributed by atoms with van der Waals surface area (Å²) in [6.45, 7) is 10.6. The summed E-state index contributed by atoms with van der Waals surface area (Å²) in [5.74, 6) is 0.905. The van der Waals surface area contributed by atoms with Gasteiger partial charge in [0.05, 0.1) is 5.52 Å². The highest BCUT2D eigenvalue weighted by Crippen LogP contribution is 2.26. The molecule has 0 fully saturated rings. The number of aromatic nitrogens is 1. The molecule has 0 amide bonds. The van der Waals surface area contributed by atoms with E-state index in [0.29, 0.717) is 0 Å². The van der Waals surface area contributed by atoms with E-state index in [0.717, 1.165) is 17.0 Å². The van der Waals surface area contributed by atoms with Crippen molar-refractivity contribution >= 4 is 34.8 Å². The molecule has 0 saturated carbocycles. The number of aryl methyl sites for hydroxylation is 5. The molecule has 0 radical (unpaired) electrons. The molecule has 0 aliphatic rings. The Labute approximate surface area is 144 Å². The molecule has 0 atom stereocenters. The summed E-state index contributed by atoms with van der Waals surface area (Å²) in [6.07, 6.45) is 0. The van der Waals surface area contributed by atoms with E-state index in [-0.39, 0.29) is 12.4 Å². The first kappa shape index (κ1) is 17.3. The Morgan fingerprint density at radius 2 is 1.30 bits per heavy atom. The first-order valence-corrected chi connectivity index (χ1v) is 7.66. The number of nitrogens with one attached hydrogen (secondary N) is 1. The number of halogens is 1. The largest absolute Gasteiger partial charge is 0.340 e.